The van der Waals surface area contributed by atoms with E-state index in [1.807, 2.05) is 0 Å². The van der Waals surface area contributed by atoms with Crippen LogP contribution >= 0.6 is 0 Å². The number of benzene rings is 3. The molecule has 1 aliphatic rings. The van der Waals surface area contributed by atoms with Crippen LogP contribution in [0.15, 0.2) is 88.8 Å². The van der Waals surface area contributed by atoms with Gasteiger partial charge in [-0.05, 0) is 67.4 Å². The summed E-state index contributed by atoms with van der Waals surface area (Å²) in [6, 6.07) is 19.7. The summed E-state index contributed by atoms with van der Waals surface area (Å²) >= 11 is 0. The van der Waals surface area contributed by atoms with E-state index < -0.39 is 39.5 Å². The first kappa shape index (κ1) is 32.8. The number of nitrogens with zero attached hydrogens (tertiary/aromatic N) is 1. The van der Waals surface area contributed by atoms with E-state index in [1.165, 1.54) is 24.3 Å². The van der Waals surface area contributed by atoms with Crippen LogP contribution in [0.3, 0.4) is 0 Å². The number of nitrogens with one attached hydrogen (secondary N) is 2. The van der Waals surface area contributed by atoms with Gasteiger partial charge in [0.2, 0.25) is 5.90 Å². The summed E-state index contributed by atoms with van der Waals surface area (Å²) in [5, 5.41) is 8.94. The molecule has 1 aliphatic heterocycles. The summed E-state index contributed by atoms with van der Waals surface area (Å²) in [5.41, 5.74) is 4.75. The molecule has 0 spiro atoms. The molecular weight excluding hydrogens is 603 g/mol. The Bertz CT molecular complexity index is 1530. The summed E-state index contributed by atoms with van der Waals surface area (Å²) in [4.78, 5) is 18.4. The maximum absolute atomic E-state index is 13.7. The number of hydrogen-bond donors (Lipinski definition) is 3. The zero-order chi connectivity index (χ0) is 31.8. The molecule has 0 saturated carbocycles. The first-order chi connectivity index (χ1) is 20.9. The number of sulfone groups is 1. The summed E-state index contributed by atoms with van der Waals surface area (Å²) in [6.45, 7) is 2.00. The molecular formula is C30H32F3N3O7S. The van der Waals surface area contributed by atoms with Crippen molar-refractivity contribution in [1.82, 2.24) is 10.9 Å². The van der Waals surface area contributed by atoms with Crippen molar-refractivity contribution in [2.75, 3.05) is 19.0 Å². The van der Waals surface area contributed by atoms with E-state index in [0.717, 1.165) is 12.1 Å². The van der Waals surface area contributed by atoms with Gasteiger partial charge in [0.05, 0.1) is 17.3 Å². The number of ether oxygens (including phenoxy) is 3. The minimum absolute atomic E-state index is 0.00279. The SMILES string of the molecule is C[C@@H]1OC(c2ccc(OCCCO)cc2)=N[C@]1(CCS(=O)(=O)c1ccccc1)C(=O)NNCc1ccc(OC(F)(F)F)cc1. The maximum atomic E-state index is 13.7. The van der Waals surface area contributed by atoms with Gasteiger partial charge in [0.15, 0.2) is 15.4 Å². The summed E-state index contributed by atoms with van der Waals surface area (Å²) in [7, 11) is -3.77. The topological polar surface area (TPSA) is 136 Å². The molecule has 0 unspecified atom stereocenters. The highest BCUT2D eigenvalue weighted by molar-refractivity contribution is 7.91. The number of carbonyl (C=O) groups excluding carboxylic acids is 1. The molecule has 236 valence electrons. The van der Waals surface area contributed by atoms with Crippen molar-refractivity contribution < 1.29 is 45.7 Å². The van der Waals surface area contributed by atoms with Gasteiger partial charge in [0, 0.05) is 25.1 Å². The van der Waals surface area contributed by atoms with Crippen molar-refractivity contribution in [1.29, 1.82) is 0 Å². The lowest BCUT2D eigenvalue weighted by atomic mass is 9.90. The Morgan fingerprint density at radius 1 is 1.02 bits per heavy atom. The standard InChI is InChI=1S/C30H32F3N3O7S/c1-21-29(16-19-44(39,40)26-6-3-2-4-7-26,35-27(42-21)23-10-14-24(15-11-23)41-18-5-17-37)28(38)36-34-20-22-8-12-25(13-9-22)43-30(31,32)33/h2-4,6-15,21,34,37H,5,16-20H2,1H3,(H,36,38)/t21-,29-/m0/s1. The van der Waals surface area contributed by atoms with E-state index in [-0.39, 0.29) is 36.1 Å². The van der Waals surface area contributed by atoms with Crippen molar-refractivity contribution in [2.24, 2.45) is 4.99 Å². The van der Waals surface area contributed by atoms with Gasteiger partial charge in [-0.15, -0.1) is 13.2 Å². The molecule has 3 aromatic carbocycles. The van der Waals surface area contributed by atoms with Crippen molar-refractivity contribution in [3.8, 4) is 11.5 Å². The Hall–Kier alpha value is -4.14. The molecule has 44 heavy (non-hydrogen) atoms. The Morgan fingerprint density at radius 3 is 2.32 bits per heavy atom. The molecule has 10 nitrogen and oxygen atoms in total. The molecule has 3 aromatic rings. The molecule has 0 bridgehead atoms. The molecule has 4 rings (SSSR count). The molecule has 0 radical (unpaired) electrons. The fourth-order valence-corrected chi connectivity index (χ4v) is 5.82. The Labute approximate surface area is 252 Å². The fraction of sp³-hybridized carbons (Fsp3) is 0.333. The van der Waals surface area contributed by atoms with Gasteiger partial charge in [-0.1, -0.05) is 30.3 Å². The minimum atomic E-state index is -4.81. The zero-order valence-electron chi connectivity index (χ0n) is 23.7. The van der Waals surface area contributed by atoms with Gasteiger partial charge in [0.1, 0.15) is 17.6 Å². The summed E-state index contributed by atoms with van der Waals surface area (Å²) in [5.74, 6) is -0.717. The lowest BCUT2D eigenvalue weighted by molar-refractivity contribution is -0.274. The average molecular weight is 636 g/mol. The van der Waals surface area contributed by atoms with Crippen LogP contribution in [-0.4, -0.2) is 62.3 Å². The number of carbonyl (C=O) groups is 1. The van der Waals surface area contributed by atoms with Gasteiger partial charge in [0.25, 0.3) is 5.91 Å². The number of rotatable bonds is 14. The highest BCUT2D eigenvalue weighted by atomic mass is 32.2. The van der Waals surface area contributed by atoms with E-state index in [0.29, 0.717) is 29.9 Å². The number of hydrogen-bond acceptors (Lipinski definition) is 9. The van der Waals surface area contributed by atoms with Crippen molar-refractivity contribution in [3.05, 3.63) is 90.0 Å². The lowest BCUT2D eigenvalue weighted by Gasteiger charge is -2.28. The van der Waals surface area contributed by atoms with Crippen LogP contribution in [0.5, 0.6) is 11.5 Å². The molecule has 0 fully saturated rings. The van der Waals surface area contributed by atoms with Crippen molar-refractivity contribution >= 4 is 21.6 Å². The van der Waals surface area contributed by atoms with E-state index >= 15 is 0 Å². The van der Waals surface area contributed by atoms with Crippen LogP contribution in [0.2, 0.25) is 0 Å². The number of amides is 1. The molecule has 1 heterocycles. The van der Waals surface area contributed by atoms with Gasteiger partial charge in [-0.2, -0.15) is 0 Å². The molecule has 2 atom stereocenters. The first-order valence-corrected chi connectivity index (χ1v) is 15.3. The second-order valence-electron chi connectivity index (χ2n) is 9.93. The van der Waals surface area contributed by atoms with E-state index in [4.69, 9.17) is 14.6 Å². The number of hydrazine groups is 1. The zero-order valence-corrected chi connectivity index (χ0v) is 24.5. The second kappa shape index (κ2) is 14.1. The average Bonchev–Trinajstić information content (AvgIpc) is 3.34. The highest BCUT2D eigenvalue weighted by Crippen LogP contribution is 2.33. The predicted molar refractivity (Wildman–Crippen MR) is 155 cm³/mol. The summed E-state index contributed by atoms with van der Waals surface area (Å²) in [6.07, 6.45) is -5.39. The van der Waals surface area contributed by atoms with Crippen LogP contribution < -0.4 is 20.3 Å². The predicted octanol–water partition coefficient (Wildman–Crippen LogP) is 3.94. The Morgan fingerprint density at radius 2 is 1.68 bits per heavy atom. The third kappa shape index (κ3) is 8.49. The van der Waals surface area contributed by atoms with E-state index in [1.54, 1.807) is 49.4 Å². The number of aliphatic imine (C=N–C) groups is 1. The highest BCUT2D eigenvalue weighted by Gasteiger charge is 2.50. The molecule has 0 aliphatic carbocycles. The minimum Gasteiger partial charge on any atom is -0.494 e. The third-order valence-corrected chi connectivity index (χ3v) is 8.57. The normalized spacial score (nSPS) is 18.3. The molecule has 0 saturated heterocycles. The number of aliphatic hydroxyl groups excluding tert-OH is 1. The number of alkyl halides is 3. The molecule has 1 amide bonds. The smallest absolute Gasteiger partial charge is 0.494 e. The van der Waals surface area contributed by atoms with Crippen molar-refractivity contribution in [3.63, 3.8) is 0 Å². The number of aliphatic hydroxyl groups is 1. The van der Waals surface area contributed by atoms with Gasteiger partial charge in [-0.3, -0.25) is 10.2 Å². The van der Waals surface area contributed by atoms with Gasteiger partial charge in [-0.25, -0.2) is 18.8 Å². The molecule has 14 heteroatoms. The summed E-state index contributed by atoms with van der Waals surface area (Å²) < 4.78 is 79.0. The lowest BCUT2D eigenvalue weighted by Crippen LogP contribution is -2.55. The van der Waals surface area contributed by atoms with E-state index in [9.17, 15) is 26.4 Å². The quantitative estimate of drug-likeness (QED) is 0.179. The fourth-order valence-electron chi connectivity index (χ4n) is 4.43. The van der Waals surface area contributed by atoms with Crippen LogP contribution in [-0.2, 0) is 25.9 Å². The van der Waals surface area contributed by atoms with Crippen LogP contribution in [0.4, 0.5) is 13.2 Å². The molecule has 3 N–H and O–H groups in total. The van der Waals surface area contributed by atoms with Gasteiger partial charge >= 0.3 is 6.36 Å². The number of halogens is 3. The van der Waals surface area contributed by atoms with Crippen LogP contribution in [0, 0.1) is 0 Å². The van der Waals surface area contributed by atoms with E-state index in [2.05, 4.69) is 20.6 Å². The van der Waals surface area contributed by atoms with Gasteiger partial charge < -0.3 is 19.3 Å². The Balaban J connectivity index is 1.52. The van der Waals surface area contributed by atoms with Crippen molar-refractivity contribution in [2.45, 2.75) is 49.2 Å². The Kier molecular flexibility index (Phi) is 10.5. The van der Waals surface area contributed by atoms with Crippen LogP contribution in [0.1, 0.15) is 30.9 Å². The second-order valence-corrected chi connectivity index (χ2v) is 12.0. The third-order valence-electron chi connectivity index (χ3n) is 6.83. The maximum Gasteiger partial charge on any atom is 0.573 e. The molecule has 0 aromatic heterocycles. The van der Waals surface area contributed by atoms with Crippen LogP contribution in [0.25, 0.3) is 0 Å². The first-order valence-electron chi connectivity index (χ1n) is 13.7. The largest absolute Gasteiger partial charge is 0.573 e. The monoisotopic (exact) mass is 635 g/mol.